The third kappa shape index (κ3) is 3.77. The number of likely N-dealkylation sites (N-methyl/N-ethyl adjacent to an activating group) is 1. The summed E-state index contributed by atoms with van der Waals surface area (Å²) in [5.74, 6) is 0.164. The Kier molecular flexibility index (Phi) is 4.22. The highest BCUT2D eigenvalue weighted by Gasteiger charge is 2.10. The number of likely N-dealkylation sites (tertiary alicyclic amines) is 1. The van der Waals surface area contributed by atoms with Gasteiger partial charge in [-0.1, -0.05) is 6.42 Å². The molecule has 1 aliphatic rings. The summed E-state index contributed by atoms with van der Waals surface area (Å²) in [4.78, 5) is 15.2. The standard InChI is InChI=1S/C10H20N2O/c1-10(13)11(2)8-9-12-6-4-3-5-7-12/h3-9H2,1-2H3. The highest BCUT2D eigenvalue weighted by molar-refractivity contribution is 5.72. The van der Waals surface area contributed by atoms with Crippen LogP contribution in [0, 0.1) is 0 Å². The van der Waals surface area contributed by atoms with Gasteiger partial charge in [-0.15, -0.1) is 0 Å². The second kappa shape index (κ2) is 5.22. The fraction of sp³-hybridized carbons (Fsp3) is 0.900. The van der Waals surface area contributed by atoms with Gasteiger partial charge in [-0.3, -0.25) is 4.79 Å². The largest absolute Gasteiger partial charge is 0.345 e. The molecule has 1 fully saturated rings. The number of carbonyl (C=O) groups is 1. The van der Waals surface area contributed by atoms with E-state index in [1.807, 2.05) is 7.05 Å². The van der Waals surface area contributed by atoms with Gasteiger partial charge in [0.05, 0.1) is 0 Å². The molecule has 0 saturated carbocycles. The predicted octanol–water partition coefficient (Wildman–Crippen LogP) is 0.951. The summed E-state index contributed by atoms with van der Waals surface area (Å²) in [6.07, 6.45) is 4.02. The first kappa shape index (κ1) is 10.5. The lowest BCUT2D eigenvalue weighted by molar-refractivity contribution is -0.127. The molecule has 0 bridgehead atoms. The van der Waals surface area contributed by atoms with Crippen molar-refractivity contribution < 1.29 is 4.79 Å². The summed E-state index contributed by atoms with van der Waals surface area (Å²) >= 11 is 0. The summed E-state index contributed by atoms with van der Waals surface area (Å²) in [6.45, 7) is 5.96. The minimum absolute atomic E-state index is 0.164. The van der Waals surface area contributed by atoms with Crippen LogP contribution in [0.25, 0.3) is 0 Å². The summed E-state index contributed by atoms with van der Waals surface area (Å²) in [7, 11) is 1.87. The Balaban J connectivity index is 2.13. The molecule has 0 aromatic rings. The van der Waals surface area contributed by atoms with Crippen molar-refractivity contribution in [3.8, 4) is 0 Å². The van der Waals surface area contributed by atoms with Gasteiger partial charge >= 0.3 is 0 Å². The topological polar surface area (TPSA) is 23.6 Å². The normalized spacial score (nSPS) is 18.6. The molecular formula is C10H20N2O. The van der Waals surface area contributed by atoms with Crippen LogP contribution in [0.2, 0.25) is 0 Å². The zero-order valence-corrected chi connectivity index (χ0v) is 8.75. The van der Waals surface area contributed by atoms with Crippen LogP contribution in [0.15, 0.2) is 0 Å². The van der Waals surface area contributed by atoms with E-state index < -0.39 is 0 Å². The quantitative estimate of drug-likeness (QED) is 0.652. The predicted molar refractivity (Wildman–Crippen MR) is 53.6 cm³/mol. The lowest BCUT2D eigenvalue weighted by Gasteiger charge is -2.28. The van der Waals surface area contributed by atoms with Crippen molar-refractivity contribution in [1.82, 2.24) is 9.80 Å². The number of carbonyl (C=O) groups excluding carboxylic acids is 1. The Bertz CT molecular complexity index is 164. The smallest absolute Gasteiger partial charge is 0.219 e. The van der Waals surface area contributed by atoms with Crippen LogP contribution in [-0.2, 0) is 4.79 Å². The third-order valence-corrected chi connectivity index (χ3v) is 2.74. The van der Waals surface area contributed by atoms with Crippen LogP contribution < -0.4 is 0 Å². The number of nitrogens with zero attached hydrogens (tertiary/aromatic N) is 2. The first-order chi connectivity index (χ1) is 6.20. The van der Waals surface area contributed by atoms with E-state index in [1.165, 1.54) is 32.4 Å². The number of hydrogen-bond donors (Lipinski definition) is 0. The van der Waals surface area contributed by atoms with Crippen LogP contribution in [0.4, 0.5) is 0 Å². The summed E-state index contributed by atoms with van der Waals surface area (Å²) in [5, 5.41) is 0. The Morgan fingerprint density at radius 2 is 1.92 bits per heavy atom. The van der Waals surface area contributed by atoms with E-state index in [9.17, 15) is 4.79 Å². The van der Waals surface area contributed by atoms with Gasteiger partial charge in [-0.05, 0) is 25.9 Å². The summed E-state index contributed by atoms with van der Waals surface area (Å²) in [6, 6.07) is 0. The highest BCUT2D eigenvalue weighted by atomic mass is 16.2. The first-order valence-corrected chi connectivity index (χ1v) is 5.14. The molecule has 0 aromatic carbocycles. The molecule has 0 radical (unpaired) electrons. The molecule has 0 unspecified atom stereocenters. The fourth-order valence-electron chi connectivity index (χ4n) is 1.63. The molecule has 76 valence electrons. The molecule has 3 nitrogen and oxygen atoms in total. The molecule has 1 rings (SSSR count). The van der Waals surface area contributed by atoms with Gasteiger partial charge in [0.2, 0.25) is 5.91 Å². The van der Waals surface area contributed by atoms with Crippen LogP contribution in [0.5, 0.6) is 0 Å². The van der Waals surface area contributed by atoms with Crippen LogP contribution in [0.3, 0.4) is 0 Å². The molecule has 13 heavy (non-hydrogen) atoms. The van der Waals surface area contributed by atoms with Crippen molar-refractivity contribution in [2.45, 2.75) is 26.2 Å². The zero-order chi connectivity index (χ0) is 9.68. The zero-order valence-electron chi connectivity index (χ0n) is 8.75. The maximum absolute atomic E-state index is 10.9. The average molecular weight is 184 g/mol. The van der Waals surface area contributed by atoms with Crippen LogP contribution >= 0.6 is 0 Å². The Morgan fingerprint density at radius 1 is 1.31 bits per heavy atom. The molecular weight excluding hydrogens is 164 g/mol. The van der Waals surface area contributed by atoms with Crippen molar-refractivity contribution in [3.05, 3.63) is 0 Å². The fourth-order valence-corrected chi connectivity index (χ4v) is 1.63. The molecule has 0 aromatic heterocycles. The van der Waals surface area contributed by atoms with E-state index >= 15 is 0 Å². The van der Waals surface area contributed by atoms with Crippen molar-refractivity contribution in [2.24, 2.45) is 0 Å². The summed E-state index contributed by atoms with van der Waals surface area (Å²) in [5.41, 5.74) is 0. The van der Waals surface area contributed by atoms with Crippen molar-refractivity contribution in [3.63, 3.8) is 0 Å². The second-order valence-corrected chi connectivity index (χ2v) is 3.84. The molecule has 1 amide bonds. The summed E-state index contributed by atoms with van der Waals surface area (Å²) < 4.78 is 0. The van der Waals surface area contributed by atoms with Gasteiger partial charge < -0.3 is 9.80 Å². The molecule has 0 aliphatic carbocycles. The molecule has 1 heterocycles. The van der Waals surface area contributed by atoms with Gasteiger partial charge in [0.25, 0.3) is 0 Å². The van der Waals surface area contributed by atoms with Crippen molar-refractivity contribution >= 4 is 5.91 Å². The molecule has 1 saturated heterocycles. The molecule has 0 spiro atoms. The first-order valence-electron chi connectivity index (χ1n) is 5.14. The van der Waals surface area contributed by atoms with E-state index in [0.29, 0.717) is 0 Å². The maximum Gasteiger partial charge on any atom is 0.219 e. The minimum Gasteiger partial charge on any atom is -0.345 e. The Morgan fingerprint density at radius 3 is 2.46 bits per heavy atom. The number of hydrogen-bond acceptors (Lipinski definition) is 2. The minimum atomic E-state index is 0.164. The second-order valence-electron chi connectivity index (χ2n) is 3.84. The van der Waals surface area contributed by atoms with Gasteiger partial charge in [0.1, 0.15) is 0 Å². The molecule has 3 heteroatoms. The molecule has 0 N–H and O–H groups in total. The van der Waals surface area contributed by atoms with Gasteiger partial charge in [0.15, 0.2) is 0 Å². The number of rotatable bonds is 3. The SMILES string of the molecule is CC(=O)N(C)CCN1CCCCC1. The van der Waals surface area contributed by atoms with Gasteiger partial charge in [-0.25, -0.2) is 0 Å². The van der Waals surface area contributed by atoms with Crippen LogP contribution in [0.1, 0.15) is 26.2 Å². The Hall–Kier alpha value is -0.570. The van der Waals surface area contributed by atoms with Gasteiger partial charge in [0, 0.05) is 27.1 Å². The number of amides is 1. The number of piperidine rings is 1. The monoisotopic (exact) mass is 184 g/mol. The van der Waals surface area contributed by atoms with E-state index in [0.717, 1.165) is 13.1 Å². The van der Waals surface area contributed by atoms with Gasteiger partial charge in [-0.2, -0.15) is 0 Å². The van der Waals surface area contributed by atoms with E-state index in [-0.39, 0.29) is 5.91 Å². The van der Waals surface area contributed by atoms with E-state index in [1.54, 1.807) is 11.8 Å². The lowest BCUT2D eigenvalue weighted by Crippen LogP contribution is -2.37. The average Bonchev–Trinajstić information content (AvgIpc) is 2.15. The van der Waals surface area contributed by atoms with E-state index in [4.69, 9.17) is 0 Å². The van der Waals surface area contributed by atoms with Crippen molar-refractivity contribution in [2.75, 3.05) is 33.2 Å². The Labute approximate surface area is 80.7 Å². The lowest BCUT2D eigenvalue weighted by atomic mass is 10.1. The molecule has 1 aliphatic heterocycles. The van der Waals surface area contributed by atoms with Crippen molar-refractivity contribution in [1.29, 1.82) is 0 Å². The third-order valence-electron chi connectivity index (χ3n) is 2.74. The molecule has 0 atom stereocenters. The maximum atomic E-state index is 10.9. The highest BCUT2D eigenvalue weighted by Crippen LogP contribution is 2.07. The van der Waals surface area contributed by atoms with Crippen LogP contribution in [-0.4, -0.2) is 48.9 Å². The van der Waals surface area contributed by atoms with E-state index in [2.05, 4.69) is 4.90 Å².